The van der Waals surface area contributed by atoms with Crippen molar-refractivity contribution in [3.05, 3.63) is 29.8 Å². The molecule has 1 aliphatic heterocycles. The number of rotatable bonds is 17. The zero-order valence-electron chi connectivity index (χ0n) is 24.7. The maximum Gasteiger partial charge on any atom is 0.323 e. The Morgan fingerprint density at radius 2 is 1.69 bits per heavy atom. The van der Waals surface area contributed by atoms with Crippen LogP contribution in [0, 0.1) is 17.8 Å². The van der Waals surface area contributed by atoms with Crippen molar-refractivity contribution in [2.45, 2.75) is 78.0 Å². The summed E-state index contributed by atoms with van der Waals surface area (Å²) in [5, 5.41) is 3.08. The topological polar surface area (TPSA) is 129 Å². The highest BCUT2D eigenvalue weighted by atomic mass is 16.5. The number of methoxy groups -OCH3 is 1. The highest BCUT2D eigenvalue weighted by molar-refractivity contribution is 5.96. The van der Waals surface area contributed by atoms with Gasteiger partial charge in [0.05, 0.1) is 12.2 Å². The molecule has 1 fully saturated rings. The van der Waals surface area contributed by atoms with E-state index in [4.69, 9.17) is 25.7 Å². The third-order valence-electron chi connectivity index (χ3n) is 7.55. The zero-order chi connectivity index (χ0) is 28.8. The number of esters is 1. The van der Waals surface area contributed by atoms with Gasteiger partial charge in [-0.05, 0) is 62.2 Å². The molecule has 1 heterocycles. The Balaban J connectivity index is 2.04. The summed E-state index contributed by atoms with van der Waals surface area (Å²) in [6, 6.07) is 6.19. The fraction of sp³-hybridized carbons (Fsp3) is 0.733. The first-order chi connectivity index (χ1) is 18.6. The van der Waals surface area contributed by atoms with Crippen molar-refractivity contribution < 1.29 is 23.8 Å². The average Bonchev–Trinajstić information content (AvgIpc) is 2.92. The Labute approximate surface area is 235 Å². The molecule has 0 radical (unpaired) electrons. The summed E-state index contributed by atoms with van der Waals surface area (Å²) in [6.45, 7) is 12.1. The van der Waals surface area contributed by atoms with E-state index in [-0.39, 0.29) is 29.7 Å². The maximum absolute atomic E-state index is 13.1. The van der Waals surface area contributed by atoms with Crippen LogP contribution in [0.15, 0.2) is 24.3 Å². The largest absolute Gasteiger partial charge is 0.493 e. The molecular formula is C30H52N4O5. The van der Waals surface area contributed by atoms with Gasteiger partial charge in [-0.15, -0.1) is 0 Å². The van der Waals surface area contributed by atoms with Crippen molar-refractivity contribution in [1.82, 2.24) is 10.2 Å². The minimum absolute atomic E-state index is 0.0187. The minimum Gasteiger partial charge on any atom is -0.493 e. The standard InChI is InChI=1S/C30H52N4O5/c1-21(2)23(19-33-29(35)24-12-7-8-13-26(24)38-17-11-16-37-5)18-25(31)27(20-34-14-9-6-10-15-34)39-30(36)28(32)22(3)4/h7-8,12-13,21-23,25,27-28H,6,9-11,14-20,31-32H2,1-5H3,(H,33,35)/t23-,25+,27?,28+/m1/s1. The summed E-state index contributed by atoms with van der Waals surface area (Å²) in [5.41, 5.74) is 13.3. The summed E-state index contributed by atoms with van der Waals surface area (Å²) < 4.78 is 16.8. The van der Waals surface area contributed by atoms with Crippen molar-refractivity contribution >= 4 is 11.9 Å². The fourth-order valence-corrected chi connectivity index (χ4v) is 4.73. The fourth-order valence-electron chi connectivity index (χ4n) is 4.73. The average molecular weight is 549 g/mol. The molecule has 9 nitrogen and oxygen atoms in total. The van der Waals surface area contributed by atoms with E-state index < -0.39 is 18.1 Å². The Morgan fingerprint density at radius 1 is 1.00 bits per heavy atom. The number of carbonyl (C=O) groups excluding carboxylic acids is 2. The number of carbonyl (C=O) groups is 2. The van der Waals surface area contributed by atoms with E-state index in [0.29, 0.717) is 44.0 Å². The number of piperidine rings is 1. The first kappa shape index (κ1) is 33.0. The van der Waals surface area contributed by atoms with Crippen molar-refractivity contribution in [3.8, 4) is 5.75 Å². The summed E-state index contributed by atoms with van der Waals surface area (Å²) in [4.78, 5) is 28.2. The number of nitrogens with one attached hydrogen (secondary N) is 1. The smallest absolute Gasteiger partial charge is 0.323 e. The molecule has 1 amide bonds. The lowest BCUT2D eigenvalue weighted by atomic mass is 9.87. The molecule has 5 N–H and O–H groups in total. The van der Waals surface area contributed by atoms with Crippen LogP contribution in [0.1, 0.15) is 70.2 Å². The van der Waals surface area contributed by atoms with Gasteiger partial charge in [0.1, 0.15) is 17.9 Å². The summed E-state index contributed by atoms with van der Waals surface area (Å²) in [5.74, 6) is 0.310. The Kier molecular flexibility index (Phi) is 14.8. The number of benzene rings is 1. The number of amides is 1. The van der Waals surface area contributed by atoms with Crippen molar-refractivity contribution in [2.75, 3.05) is 46.5 Å². The molecule has 9 heteroatoms. The molecular weight excluding hydrogens is 496 g/mol. The normalized spacial score (nSPS) is 17.5. The molecule has 222 valence electrons. The minimum atomic E-state index is -0.682. The predicted molar refractivity (Wildman–Crippen MR) is 155 cm³/mol. The van der Waals surface area contributed by atoms with Crippen LogP contribution in [0.4, 0.5) is 0 Å². The quantitative estimate of drug-likeness (QED) is 0.200. The number of likely N-dealkylation sites (tertiary alicyclic amines) is 1. The molecule has 39 heavy (non-hydrogen) atoms. The van der Waals surface area contributed by atoms with Gasteiger partial charge >= 0.3 is 5.97 Å². The van der Waals surface area contributed by atoms with Crippen LogP contribution in [-0.2, 0) is 14.3 Å². The van der Waals surface area contributed by atoms with Crippen LogP contribution >= 0.6 is 0 Å². The van der Waals surface area contributed by atoms with Gasteiger partial charge in [-0.1, -0.05) is 46.2 Å². The molecule has 2 rings (SSSR count). The monoisotopic (exact) mass is 548 g/mol. The Morgan fingerprint density at radius 3 is 2.33 bits per heavy atom. The van der Waals surface area contributed by atoms with Gasteiger partial charge in [0.25, 0.3) is 5.91 Å². The van der Waals surface area contributed by atoms with Gasteiger partial charge in [0, 0.05) is 39.3 Å². The van der Waals surface area contributed by atoms with E-state index in [1.54, 1.807) is 19.2 Å². The maximum atomic E-state index is 13.1. The first-order valence-corrected chi connectivity index (χ1v) is 14.6. The predicted octanol–water partition coefficient (Wildman–Crippen LogP) is 3.20. The number of hydrogen-bond donors (Lipinski definition) is 3. The second kappa shape index (κ2) is 17.5. The highest BCUT2D eigenvalue weighted by Crippen LogP contribution is 2.22. The summed E-state index contributed by atoms with van der Waals surface area (Å²) in [6.07, 6.45) is 4.39. The number of nitrogens with two attached hydrogens (primary N) is 2. The van der Waals surface area contributed by atoms with Crippen LogP contribution in [0.2, 0.25) is 0 Å². The molecule has 1 unspecified atom stereocenters. The van der Waals surface area contributed by atoms with Crippen LogP contribution < -0.4 is 21.5 Å². The van der Waals surface area contributed by atoms with E-state index in [9.17, 15) is 9.59 Å². The first-order valence-electron chi connectivity index (χ1n) is 14.6. The zero-order valence-corrected chi connectivity index (χ0v) is 24.7. The molecule has 1 aromatic carbocycles. The Bertz CT molecular complexity index is 860. The van der Waals surface area contributed by atoms with Crippen LogP contribution in [0.5, 0.6) is 5.75 Å². The van der Waals surface area contributed by atoms with Gasteiger partial charge in [-0.25, -0.2) is 0 Å². The number of nitrogens with zero attached hydrogens (tertiary/aromatic N) is 1. The lowest BCUT2D eigenvalue weighted by Crippen LogP contribution is -2.51. The van der Waals surface area contributed by atoms with Crippen LogP contribution in [0.25, 0.3) is 0 Å². The van der Waals surface area contributed by atoms with Gasteiger partial charge < -0.3 is 31.0 Å². The third-order valence-corrected chi connectivity index (χ3v) is 7.55. The highest BCUT2D eigenvalue weighted by Gasteiger charge is 2.31. The van der Waals surface area contributed by atoms with Crippen molar-refractivity contribution in [1.29, 1.82) is 0 Å². The molecule has 0 spiro atoms. The summed E-state index contributed by atoms with van der Waals surface area (Å²) in [7, 11) is 1.65. The number of hydrogen-bond acceptors (Lipinski definition) is 8. The van der Waals surface area contributed by atoms with E-state index in [2.05, 4.69) is 24.1 Å². The second-order valence-corrected chi connectivity index (χ2v) is 11.4. The SMILES string of the molecule is COCCCOc1ccccc1C(=O)NC[C@@H](C[C@H](N)C(CN1CCCCC1)OC(=O)[C@@H](N)C(C)C)C(C)C. The molecule has 0 bridgehead atoms. The van der Waals surface area contributed by atoms with E-state index in [1.165, 1.54) is 6.42 Å². The molecule has 0 aromatic heterocycles. The van der Waals surface area contributed by atoms with Gasteiger partial charge in [0.2, 0.25) is 0 Å². The number of ether oxygens (including phenoxy) is 3. The molecule has 0 saturated carbocycles. The lowest BCUT2D eigenvalue weighted by molar-refractivity contribution is -0.154. The Hall–Kier alpha value is -2.20. The molecule has 1 saturated heterocycles. The van der Waals surface area contributed by atoms with Crippen LogP contribution in [-0.4, -0.2) is 81.5 Å². The van der Waals surface area contributed by atoms with E-state index in [1.807, 2.05) is 26.0 Å². The molecule has 1 aliphatic rings. The number of para-hydroxylation sites is 1. The van der Waals surface area contributed by atoms with E-state index in [0.717, 1.165) is 32.4 Å². The van der Waals surface area contributed by atoms with Crippen molar-refractivity contribution in [3.63, 3.8) is 0 Å². The van der Waals surface area contributed by atoms with Gasteiger partial charge in [-0.3, -0.25) is 14.5 Å². The molecule has 4 atom stereocenters. The van der Waals surface area contributed by atoms with Crippen molar-refractivity contribution in [2.24, 2.45) is 29.2 Å². The molecule has 1 aromatic rings. The second-order valence-electron chi connectivity index (χ2n) is 11.4. The lowest BCUT2D eigenvalue weighted by Gasteiger charge is -2.35. The summed E-state index contributed by atoms with van der Waals surface area (Å²) >= 11 is 0. The van der Waals surface area contributed by atoms with Gasteiger partial charge in [0.15, 0.2) is 0 Å². The van der Waals surface area contributed by atoms with E-state index >= 15 is 0 Å². The molecule has 0 aliphatic carbocycles. The third kappa shape index (κ3) is 11.4. The van der Waals surface area contributed by atoms with Gasteiger partial charge in [-0.2, -0.15) is 0 Å². The van der Waals surface area contributed by atoms with Crippen LogP contribution in [0.3, 0.4) is 0 Å².